The molecule has 0 radical (unpaired) electrons. The van der Waals surface area contributed by atoms with Gasteiger partial charge in [-0.25, -0.2) is 0 Å². The Hall–Kier alpha value is -3.20. The summed E-state index contributed by atoms with van der Waals surface area (Å²) < 4.78 is 0. The van der Waals surface area contributed by atoms with Crippen molar-refractivity contribution in [1.29, 1.82) is 0 Å². The standard InChI is InChI=1S/C23H27N5O.C2Cl2O2/c1-27-13-15-28(16-14-27)21-11-8-19(9-12-21)23(29)24-22-17-20(25-26-22)10-7-18-5-3-2-4-6-18;3-1(5)2(4)6/h2-6,8-9,11-12,17H,7,10,13-16H2,1H3,(H2,24,25,26,29);. The minimum Gasteiger partial charge on any atom is -0.369 e. The third kappa shape index (κ3) is 8.51. The summed E-state index contributed by atoms with van der Waals surface area (Å²) in [6.07, 6.45) is 1.75. The van der Waals surface area contributed by atoms with Gasteiger partial charge in [0.2, 0.25) is 0 Å². The quantitative estimate of drug-likeness (QED) is 0.367. The number of aromatic nitrogens is 2. The van der Waals surface area contributed by atoms with Crippen LogP contribution in [0.2, 0.25) is 0 Å². The number of halogens is 2. The molecule has 0 bridgehead atoms. The van der Waals surface area contributed by atoms with Crippen LogP contribution in [0.1, 0.15) is 21.6 Å². The van der Waals surface area contributed by atoms with Crippen molar-refractivity contribution >= 4 is 51.1 Å². The lowest BCUT2D eigenvalue weighted by Crippen LogP contribution is -2.44. The number of nitrogens with zero attached hydrogens (tertiary/aromatic N) is 3. The van der Waals surface area contributed by atoms with Crippen LogP contribution in [-0.2, 0) is 22.4 Å². The minimum atomic E-state index is -1.14. The second-order valence-electron chi connectivity index (χ2n) is 8.10. The van der Waals surface area contributed by atoms with Gasteiger partial charge in [0, 0.05) is 43.5 Å². The Bertz CT molecular complexity index is 1120. The van der Waals surface area contributed by atoms with Crippen LogP contribution in [0.5, 0.6) is 0 Å². The molecule has 1 aliphatic rings. The summed E-state index contributed by atoms with van der Waals surface area (Å²) in [4.78, 5) is 36.1. The average molecular weight is 516 g/mol. The maximum atomic E-state index is 12.6. The minimum absolute atomic E-state index is 0.131. The van der Waals surface area contributed by atoms with Crippen molar-refractivity contribution in [3.63, 3.8) is 0 Å². The Morgan fingerprint density at radius 3 is 2.14 bits per heavy atom. The number of aromatic amines is 1. The lowest BCUT2D eigenvalue weighted by Gasteiger charge is -2.34. The first-order chi connectivity index (χ1) is 16.8. The molecule has 1 aromatic heterocycles. The number of amides is 1. The van der Waals surface area contributed by atoms with Crippen LogP contribution in [0.3, 0.4) is 0 Å². The first-order valence-electron chi connectivity index (χ1n) is 11.1. The van der Waals surface area contributed by atoms with Crippen LogP contribution in [0.4, 0.5) is 11.5 Å². The van der Waals surface area contributed by atoms with Gasteiger partial charge in [-0.3, -0.25) is 19.5 Å². The van der Waals surface area contributed by atoms with Crippen LogP contribution in [0.25, 0.3) is 0 Å². The molecule has 4 rings (SSSR count). The number of H-pyrrole nitrogens is 1. The second kappa shape index (κ2) is 13.0. The Labute approximate surface area is 214 Å². The summed E-state index contributed by atoms with van der Waals surface area (Å²) in [7, 11) is 2.15. The van der Waals surface area contributed by atoms with E-state index in [1.165, 1.54) is 11.3 Å². The number of rotatable bonds is 7. The van der Waals surface area contributed by atoms with Crippen molar-refractivity contribution in [3.8, 4) is 0 Å². The highest BCUT2D eigenvalue weighted by molar-refractivity contribution is 6.97. The fourth-order valence-corrected chi connectivity index (χ4v) is 3.56. The molecular weight excluding hydrogens is 489 g/mol. The maximum Gasteiger partial charge on any atom is 0.304 e. The molecule has 0 unspecified atom stereocenters. The molecule has 2 aromatic carbocycles. The normalized spacial score (nSPS) is 13.5. The van der Waals surface area contributed by atoms with Gasteiger partial charge >= 0.3 is 10.5 Å². The Morgan fingerprint density at radius 2 is 1.54 bits per heavy atom. The van der Waals surface area contributed by atoms with Crippen LogP contribution < -0.4 is 10.2 Å². The molecule has 10 heteroatoms. The highest BCUT2D eigenvalue weighted by atomic mass is 35.5. The van der Waals surface area contributed by atoms with E-state index in [0.717, 1.165) is 44.7 Å². The summed E-state index contributed by atoms with van der Waals surface area (Å²) in [5.41, 5.74) is 4.03. The third-order valence-electron chi connectivity index (χ3n) is 5.54. The Kier molecular flexibility index (Phi) is 9.84. The number of carbonyl (C=O) groups is 3. The van der Waals surface area contributed by atoms with E-state index >= 15 is 0 Å². The van der Waals surface area contributed by atoms with Crippen molar-refractivity contribution in [2.24, 2.45) is 0 Å². The number of aryl methyl sites for hydroxylation is 2. The second-order valence-corrected chi connectivity index (χ2v) is 8.78. The van der Waals surface area contributed by atoms with E-state index < -0.39 is 10.5 Å². The smallest absolute Gasteiger partial charge is 0.304 e. The molecule has 184 valence electrons. The molecule has 1 aliphatic heterocycles. The zero-order valence-corrected chi connectivity index (χ0v) is 20.9. The number of anilines is 2. The van der Waals surface area contributed by atoms with Crippen molar-refractivity contribution in [2.45, 2.75) is 12.8 Å². The van der Waals surface area contributed by atoms with Crippen LogP contribution >= 0.6 is 23.2 Å². The van der Waals surface area contributed by atoms with Crippen molar-refractivity contribution < 1.29 is 14.4 Å². The number of benzene rings is 2. The van der Waals surface area contributed by atoms with E-state index in [1.54, 1.807) is 0 Å². The molecule has 8 nitrogen and oxygen atoms in total. The Morgan fingerprint density at radius 1 is 0.914 bits per heavy atom. The van der Waals surface area contributed by atoms with Gasteiger partial charge in [-0.05, 0) is 72.9 Å². The summed E-state index contributed by atoms with van der Waals surface area (Å²) in [5, 5.41) is 7.84. The molecule has 3 aromatic rings. The van der Waals surface area contributed by atoms with Gasteiger partial charge in [-0.1, -0.05) is 30.3 Å². The predicted molar refractivity (Wildman–Crippen MR) is 138 cm³/mol. The summed E-state index contributed by atoms with van der Waals surface area (Å²) >= 11 is 8.98. The monoisotopic (exact) mass is 515 g/mol. The van der Waals surface area contributed by atoms with Crippen LogP contribution in [-0.4, -0.2) is 64.7 Å². The van der Waals surface area contributed by atoms with Crippen molar-refractivity contribution in [3.05, 3.63) is 77.5 Å². The van der Waals surface area contributed by atoms with Crippen LogP contribution in [0, 0.1) is 0 Å². The average Bonchev–Trinajstić information content (AvgIpc) is 3.31. The van der Waals surface area contributed by atoms with Crippen molar-refractivity contribution in [1.82, 2.24) is 15.1 Å². The Balaban J connectivity index is 0.000000509. The van der Waals surface area contributed by atoms with E-state index in [-0.39, 0.29) is 5.91 Å². The topological polar surface area (TPSA) is 98.4 Å². The van der Waals surface area contributed by atoms with Gasteiger partial charge in [-0.15, -0.1) is 0 Å². The van der Waals surface area contributed by atoms with Gasteiger partial charge in [0.25, 0.3) is 5.91 Å². The van der Waals surface area contributed by atoms with E-state index in [4.69, 9.17) is 0 Å². The molecule has 0 aliphatic carbocycles. The molecule has 35 heavy (non-hydrogen) atoms. The lowest BCUT2D eigenvalue weighted by atomic mass is 10.1. The van der Waals surface area contributed by atoms with E-state index in [9.17, 15) is 14.4 Å². The van der Waals surface area contributed by atoms with Gasteiger partial charge in [0.05, 0.1) is 5.69 Å². The number of likely N-dealkylation sites (N-methyl/N-ethyl adjacent to an activating group) is 1. The molecule has 1 fully saturated rings. The largest absolute Gasteiger partial charge is 0.369 e. The highest BCUT2D eigenvalue weighted by Gasteiger charge is 2.15. The van der Waals surface area contributed by atoms with E-state index in [1.807, 2.05) is 48.5 Å². The number of hydrogen-bond donors (Lipinski definition) is 2. The van der Waals surface area contributed by atoms with E-state index in [2.05, 4.69) is 67.7 Å². The van der Waals surface area contributed by atoms with Crippen molar-refractivity contribution in [2.75, 3.05) is 43.4 Å². The zero-order chi connectivity index (χ0) is 25.2. The number of carbonyl (C=O) groups excluding carboxylic acids is 3. The fourth-order valence-electron chi connectivity index (χ4n) is 3.56. The third-order valence-corrected chi connectivity index (χ3v) is 5.98. The molecule has 2 heterocycles. The maximum absolute atomic E-state index is 12.6. The predicted octanol–water partition coefficient (Wildman–Crippen LogP) is 3.72. The summed E-state index contributed by atoms with van der Waals surface area (Å²) in [6.45, 7) is 4.16. The SMILES string of the molecule is CN1CCN(c2ccc(C(=O)Nc3cc(CCc4ccccc4)n[nH]3)cc2)CC1.O=C(Cl)C(=O)Cl. The van der Waals surface area contributed by atoms with Gasteiger partial charge in [0.1, 0.15) is 5.82 Å². The highest BCUT2D eigenvalue weighted by Crippen LogP contribution is 2.18. The van der Waals surface area contributed by atoms with Crippen LogP contribution in [0.15, 0.2) is 60.7 Å². The molecular formula is C25H27Cl2N5O3. The lowest BCUT2D eigenvalue weighted by molar-refractivity contribution is -0.127. The molecule has 0 spiro atoms. The first-order valence-corrected chi connectivity index (χ1v) is 11.9. The number of nitrogens with one attached hydrogen (secondary N) is 2. The summed E-state index contributed by atoms with van der Waals surface area (Å²) in [5.74, 6) is 0.495. The van der Waals surface area contributed by atoms with Gasteiger partial charge in [-0.2, -0.15) is 5.10 Å². The van der Waals surface area contributed by atoms with E-state index in [0.29, 0.717) is 11.4 Å². The zero-order valence-electron chi connectivity index (χ0n) is 19.3. The molecule has 2 N–H and O–H groups in total. The number of piperazine rings is 1. The fraction of sp³-hybridized carbons (Fsp3) is 0.280. The molecule has 0 saturated carbocycles. The number of hydrogen-bond acceptors (Lipinski definition) is 6. The molecule has 1 saturated heterocycles. The first kappa shape index (κ1) is 26.4. The molecule has 0 atom stereocenters. The molecule has 1 amide bonds. The summed E-state index contributed by atoms with van der Waals surface area (Å²) in [6, 6.07) is 20.1. The van der Waals surface area contributed by atoms with Gasteiger partial charge in [0.15, 0.2) is 0 Å². The van der Waals surface area contributed by atoms with Gasteiger partial charge < -0.3 is 15.1 Å².